The number of benzene rings is 2. The lowest BCUT2D eigenvalue weighted by atomic mass is 9.76. The van der Waals surface area contributed by atoms with Gasteiger partial charge < -0.3 is 45.5 Å². The quantitative estimate of drug-likeness (QED) is 0.137. The fraction of sp³-hybridized carbons (Fsp3) is 0.323. The van der Waals surface area contributed by atoms with E-state index in [2.05, 4.69) is 4.98 Å². The van der Waals surface area contributed by atoms with Gasteiger partial charge in [0, 0.05) is 11.6 Å². The number of allylic oxidation sites excluding steroid dienone is 2. The van der Waals surface area contributed by atoms with Crippen molar-refractivity contribution in [1.82, 2.24) is 4.98 Å². The molecule has 3 aromatic rings. The van der Waals surface area contributed by atoms with Crippen LogP contribution in [0, 0.1) is 0 Å². The molecule has 3 aliphatic rings. The molecular weight excluding hydrogens is 594 g/mol. The van der Waals surface area contributed by atoms with E-state index in [1.807, 2.05) is 0 Å². The van der Waals surface area contributed by atoms with Crippen molar-refractivity contribution in [1.29, 1.82) is 0 Å². The second-order valence-electron chi connectivity index (χ2n) is 11.3. The molecule has 1 heterocycles. The van der Waals surface area contributed by atoms with Gasteiger partial charge in [-0.15, -0.1) is 0 Å². The molecule has 8 N–H and O–H groups in total. The van der Waals surface area contributed by atoms with Crippen LogP contribution < -0.4 is 5.56 Å². The van der Waals surface area contributed by atoms with Gasteiger partial charge in [-0.1, -0.05) is 6.07 Å². The predicted octanol–water partition coefficient (Wildman–Crippen LogP) is 0.343. The Morgan fingerprint density at radius 2 is 1.49 bits per heavy atom. The van der Waals surface area contributed by atoms with Gasteiger partial charge in [-0.2, -0.15) is 0 Å². The first-order chi connectivity index (χ1) is 21.2. The van der Waals surface area contributed by atoms with E-state index >= 15 is 0 Å². The Kier molecular flexibility index (Phi) is 6.75. The molecule has 3 aliphatic carbocycles. The number of ether oxygens (including phenoxy) is 1. The van der Waals surface area contributed by atoms with E-state index in [0.29, 0.717) is 0 Å². The van der Waals surface area contributed by atoms with Gasteiger partial charge in [-0.3, -0.25) is 24.0 Å². The summed E-state index contributed by atoms with van der Waals surface area (Å²) in [6, 6.07) is 2.60. The number of nitrogens with one attached hydrogen (secondary N) is 1. The summed E-state index contributed by atoms with van der Waals surface area (Å²) >= 11 is 0. The van der Waals surface area contributed by atoms with Gasteiger partial charge in [0.1, 0.15) is 41.0 Å². The number of aromatic hydroxyl groups is 3. The summed E-state index contributed by atoms with van der Waals surface area (Å²) in [6.45, 7) is 2.73. The number of aromatic amines is 1. The molecule has 0 amide bonds. The smallest absolute Gasteiger partial charge is 0.259 e. The minimum atomic E-state index is -2.22. The topological polar surface area (TPSA) is 252 Å². The van der Waals surface area contributed by atoms with Crippen LogP contribution in [0.2, 0.25) is 0 Å². The number of Topliss-reactive ketones (excluding diaryl/α,β-unsaturated/α-hetero) is 3. The number of carbonyl (C=O) groups is 4. The Morgan fingerprint density at radius 1 is 0.867 bits per heavy atom. The Hall–Kier alpha value is -4.89. The highest BCUT2D eigenvalue weighted by Crippen LogP contribution is 2.57. The van der Waals surface area contributed by atoms with Crippen molar-refractivity contribution in [2.45, 2.75) is 56.5 Å². The molecular formula is C31H27NO13. The number of aromatic nitrogens is 1. The van der Waals surface area contributed by atoms with Crippen LogP contribution in [0.15, 0.2) is 28.8 Å². The molecule has 0 saturated heterocycles. The number of aliphatic hydroxyl groups excluding tert-OH is 4. The zero-order valence-electron chi connectivity index (χ0n) is 23.7. The van der Waals surface area contributed by atoms with Gasteiger partial charge >= 0.3 is 0 Å². The Morgan fingerprint density at radius 3 is 2.09 bits per heavy atom. The molecule has 14 nitrogen and oxygen atoms in total. The monoisotopic (exact) mass is 621 g/mol. The summed E-state index contributed by atoms with van der Waals surface area (Å²) in [7, 11) is 0. The Labute approximate surface area is 252 Å². The molecule has 0 fully saturated rings. The van der Waals surface area contributed by atoms with Crippen LogP contribution in [0.25, 0.3) is 10.8 Å². The van der Waals surface area contributed by atoms with Gasteiger partial charge in [-0.05, 0) is 43.7 Å². The third-order valence-electron chi connectivity index (χ3n) is 8.83. The van der Waals surface area contributed by atoms with Crippen molar-refractivity contribution in [2.24, 2.45) is 0 Å². The van der Waals surface area contributed by atoms with Gasteiger partial charge in [0.05, 0.1) is 46.0 Å². The molecule has 4 unspecified atom stereocenters. The first kappa shape index (κ1) is 30.1. The van der Waals surface area contributed by atoms with Gasteiger partial charge in [0.15, 0.2) is 23.1 Å². The zero-order valence-corrected chi connectivity index (χ0v) is 23.7. The molecule has 5 atom stereocenters. The lowest BCUT2D eigenvalue weighted by molar-refractivity contribution is -0.102. The fourth-order valence-corrected chi connectivity index (χ4v) is 6.68. The summed E-state index contributed by atoms with van der Waals surface area (Å²) in [6.07, 6.45) is -6.41. The lowest BCUT2D eigenvalue weighted by Crippen LogP contribution is -2.40. The molecule has 1 aromatic heterocycles. The number of phenols is 3. The van der Waals surface area contributed by atoms with E-state index in [4.69, 9.17) is 4.74 Å². The van der Waals surface area contributed by atoms with Crippen molar-refractivity contribution >= 4 is 33.9 Å². The molecule has 234 valence electrons. The molecule has 0 saturated carbocycles. The largest absolute Gasteiger partial charge is 0.507 e. The zero-order chi connectivity index (χ0) is 32.9. The molecule has 45 heavy (non-hydrogen) atoms. The normalized spacial score (nSPS) is 21.4. The first-order valence-electron chi connectivity index (χ1n) is 14.0. The Bertz CT molecular complexity index is 1990. The average molecular weight is 622 g/mol. The summed E-state index contributed by atoms with van der Waals surface area (Å²) in [4.78, 5) is 69.7. The van der Waals surface area contributed by atoms with Crippen LogP contribution in [0.4, 0.5) is 0 Å². The van der Waals surface area contributed by atoms with E-state index in [0.717, 1.165) is 6.08 Å². The number of rotatable bonds is 6. The van der Waals surface area contributed by atoms with Crippen molar-refractivity contribution < 1.29 is 59.7 Å². The number of aryl methyl sites for hydroxylation is 1. The van der Waals surface area contributed by atoms with E-state index in [1.54, 1.807) is 6.92 Å². The minimum absolute atomic E-state index is 0.00645. The number of hydrogen-bond acceptors (Lipinski definition) is 13. The Balaban J connectivity index is 1.52. The van der Waals surface area contributed by atoms with E-state index in [1.165, 1.54) is 19.1 Å². The predicted molar refractivity (Wildman–Crippen MR) is 152 cm³/mol. The number of hydrogen-bond donors (Lipinski definition) is 8. The number of aliphatic hydroxyl groups is 4. The molecule has 2 aromatic carbocycles. The highest BCUT2D eigenvalue weighted by atomic mass is 16.5. The maximum absolute atomic E-state index is 14.1. The number of fused-ring (bicyclic) bond motifs is 5. The average Bonchev–Trinajstić information content (AvgIpc) is 3.48. The lowest BCUT2D eigenvalue weighted by Gasteiger charge is -2.25. The van der Waals surface area contributed by atoms with E-state index in [-0.39, 0.29) is 41.7 Å². The minimum Gasteiger partial charge on any atom is -0.507 e. The standard InChI is InChI=1S/C31H27NO13/c1-3-45-14-8-13(34)16-17(23(14)37)25(39)19-18(24(16)38)28(42)31(29(19)43)5-4-10-6-11-7-12(22(36)27(41)21(35)9(2)33)32-30(44)15(11)26(40)20(10)31/h6-9,21-22,27,33,35-36,38-41H,3-5H2,1-2H3,(H,32,44)/t9?,21?,22?,27?,31-/m1/s1. The van der Waals surface area contributed by atoms with E-state index < -0.39 is 109 Å². The van der Waals surface area contributed by atoms with Crippen LogP contribution in [0.3, 0.4) is 0 Å². The van der Waals surface area contributed by atoms with Crippen molar-refractivity contribution in [3.63, 3.8) is 0 Å². The third kappa shape index (κ3) is 3.86. The van der Waals surface area contributed by atoms with Gasteiger partial charge in [0.2, 0.25) is 5.78 Å². The molecule has 6 rings (SSSR count). The van der Waals surface area contributed by atoms with Crippen LogP contribution in [0.1, 0.15) is 84.6 Å². The second-order valence-corrected chi connectivity index (χ2v) is 11.3. The summed E-state index contributed by atoms with van der Waals surface area (Å²) in [5, 5.41) is 73.8. The fourth-order valence-electron chi connectivity index (χ4n) is 6.68. The van der Waals surface area contributed by atoms with Gasteiger partial charge in [0.25, 0.3) is 5.56 Å². The third-order valence-corrected chi connectivity index (χ3v) is 8.83. The maximum atomic E-state index is 14.1. The molecule has 0 bridgehead atoms. The van der Waals surface area contributed by atoms with Crippen molar-refractivity contribution in [3.8, 4) is 17.2 Å². The number of carbonyl (C=O) groups excluding carboxylic acids is 4. The summed E-state index contributed by atoms with van der Waals surface area (Å²) < 4.78 is 5.18. The molecule has 0 aliphatic heterocycles. The first-order valence-corrected chi connectivity index (χ1v) is 14.0. The summed E-state index contributed by atoms with van der Waals surface area (Å²) in [5.41, 5.74) is -6.28. The number of pyridine rings is 1. The highest BCUT2D eigenvalue weighted by molar-refractivity contribution is 6.38. The van der Waals surface area contributed by atoms with Crippen molar-refractivity contribution in [3.05, 3.63) is 73.4 Å². The van der Waals surface area contributed by atoms with Crippen LogP contribution in [0.5, 0.6) is 17.2 Å². The van der Waals surface area contributed by atoms with E-state index in [9.17, 15) is 59.7 Å². The van der Waals surface area contributed by atoms with Crippen LogP contribution in [-0.2, 0) is 16.6 Å². The second kappa shape index (κ2) is 10.1. The number of H-pyrrole nitrogens is 1. The number of ketones is 4. The molecule has 14 heteroatoms. The molecule has 0 radical (unpaired) electrons. The number of phenolic OH excluding ortho intramolecular Hbond substituents is 3. The van der Waals surface area contributed by atoms with Crippen LogP contribution >= 0.6 is 0 Å². The van der Waals surface area contributed by atoms with Crippen molar-refractivity contribution in [2.75, 3.05) is 6.61 Å². The highest BCUT2D eigenvalue weighted by Gasteiger charge is 2.61. The summed E-state index contributed by atoms with van der Waals surface area (Å²) in [5.74, 6) is -7.22. The van der Waals surface area contributed by atoms with Crippen LogP contribution in [-0.4, -0.2) is 88.8 Å². The molecule has 1 spiro atoms. The maximum Gasteiger partial charge on any atom is 0.259 e. The SMILES string of the molecule is CCOC1=CC(=O)c2c(O)c3c(c(O)c2C1=O)C(=O)[C@@]1(CCc2cc4cc(C(O)C(O)C(O)C(C)O)[nH]c(=O)c4c(O)c21)C3=O. The van der Waals surface area contributed by atoms with Gasteiger partial charge in [-0.25, -0.2) is 0 Å².